The molecular formula is C9H15NO2S. The Kier molecular flexibility index (Phi) is 4.39. The van der Waals surface area contributed by atoms with Crippen LogP contribution in [0.15, 0.2) is 16.7 Å². The molecule has 0 aromatic carbocycles. The summed E-state index contributed by atoms with van der Waals surface area (Å²) in [6, 6.07) is 0. The zero-order valence-electron chi connectivity index (χ0n) is 8.08. The number of ether oxygens (including phenoxy) is 1. The van der Waals surface area contributed by atoms with Crippen LogP contribution in [0.4, 0.5) is 0 Å². The van der Waals surface area contributed by atoms with E-state index in [1.807, 2.05) is 18.2 Å². The molecule has 0 N–H and O–H groups in total. The lowest BCUT2D eigenvalue weighted by molar-refractivity contribution is 0.0756. The summed E-state index contributed by atoms with van der Waals surface area (Å²) in [4.78, 5) is 0. The number of morpholine rings is 1. The minimum atomic E-state index is -1.03. The van der Waals surface area contributed by atoms with Crippen molar-refractivity contribution in [1.82, 2.24) is 4.31 Å². The van der Waals surface area contributed by atoms with Gasteiger partial charge in [0, 0.05) is 13.1 Å². The Morgan fingerprint density at radius 1 is 1.46 bits per heavy atom. The molecule has 1 aliphatic rings. The molecule has 1 saturated heterocycles. The van der Waals surface area contributed by atoms with E-state index in [4.69, 9.17) is 4.74 Å². The molecular weight excluding hydrogens is 186 g/mol. The smallest absolute Gasteiger partial charge is 0.128 e. The molecule has 74 valence electrons. The predicted molar refractivity (Wildman–Crippen MR) is 53.5 cm³/mol. The van der Waals surface area contributed by atoms with Gasteiger partial charge in [0.05, 0.1) is 18.6 Å². The van der Waals surface area contributed by atoms with E-state index in [-0.39, 0.29) is 0 Å². The average molecular weight is 201 g/mol. The van der Waals surface area contributed by atoms with E-state index in [0.717, 1.165) is 18.7 Å². The van der Waals surface area contributed by atoms with Crippen molar-refractivity contribution in [2.45, 2.75) is 13.8 Å². The first-order chi connectivity index (χ1) is 6.20. The van der Waals surface area contributed by atoms with Crippen molar-refractivity contribution >= 4 is 11.0 Å². The van der Waals surface area contributed by atoms with E-state index in [1.165, 1.54) is 0 Å². The van der Waals surface area contributed by atoms with Crippen molar-refractivity contribution in [1.29, 1.82) is 0 Å². The van der Waals surface area contributed by atoms with Crippen molar-refractivity contribution in [3.05, 3.63) is 16.7 Å². The third-order valence-electron chi connectivity index (χ3n) is 1.67. The lowest BCUT2D eigenvalue weighted by Gasteiger charge is -2.23. The second-order valence-electron chi connectivity index (χ2n) is 3.08. The van der Waals surface area contributed by atoms with Crippen molar-refractivity contribution in [3.63, 3.8) is 0 Å². The van der Waals surface area contributed by atoms with E-state index >= 15 is 0 Å². The Labute approximate surface area is 81.7 Å². The van der Waals surface area contributed by atoms with Gasteiger partial charge < -0.3 is 4.74 Å². The van der Waals surface area contributed by atoms with Crippen LogP contribution in [0.3, 0.4) is 0 Å². The van der Waals surface area contributed by atoms with Crippen molar-refractivity contribution in [2.75, 3.05) is 26.3 Å². The molecule has 0 aliphatic carbocycles. The van der Waals surface area contributed by atoms with Crippen LogP contribution in [0.1, 0.15) is 13.8 Å². The summed E-state index contributed by atoms with van der Waals surface area (Å²) in [5, 5.41) is 1.61. The lowest BCUT2D eigenvalue weighted by Crippen LogP contribution is -2.36. The summed E-state index contributed by atoms with van der Waals surface area (Å²) in [5.41, 5.74) is 3.99. The first-order valence-electron chi connectivity index (χ1n) is 4.33. The van der Waals surface area contributed by atoms with Gasteiger partial charge in [0.2, 0.25) is 0 Å². The topological polar surface area (TPSA) is 29.5 Å². The molecule has 0 saturated carbocycles. The van der Waals surface area contributed by atoms with E-state index in [1.54, 1.807) is 5.41 Å². The highest BCUT2D eigenvalue weighted by Crippen LogP contribution is 2.02. The summed E-state index contributed by atoms with van der Waals surface area (Å²) in [6.07, 6.45) is 0. The molecule has 13 heavy (non-hydrogen) atoms. The van der Waals surface area contributed by atoms with Gasteiger partial charge in [0.25, 0.3) is 0 Å². The van der Waals surface area contributed by atoms with Crippen molar-refractivity contribution in [3.8, 4) is 0 Å². The van der Waals surface area contributed by atoms with E-state index in [9.17, 15) is 4.21 Å². The Morgan fingerprint density at radius 2 is 2.08 bits per heavy atom. The van der Waals surface area contributed by atoms with Crippen LogP contribution in [0.5, 0.6) is 0 Å². The molecule has 1 unspecified atom stereocenters. The van der Waals surface area contributed by atoms with Crippen LogP contribution in [-0.4, -0.2) is 34.8 Å². The molecule has 0 aromatic heterocycles. The average Bonchev–Trinajstić information content (AvgIpc) is 2.15. The summed E-state index contributed by atoms with van der Waals surface area (Å²) in [7, 11) is -1.03. The van der Waals surface area contributed by atoms with Crippen LogP contribution in [0.25, 0.3) is 0 Å². The van der Waals surface area contributed by atoms with Gasteiger partial charge in [-0.15, -0.1) is 5.73 Å². The first-order valence-corrected chi connectivity index (χ1v) is 5.50. The number of allylic oxidation sites excluding steroid dienone is 1. The maximum Gasteiger partial charge on any atom is 0.128 e. The van der Waals surface area contributed by atoms with Gasteiger partial charge in [-0.3, -0.25) is 0 Å². The van der Waals surface area contributed by atoms with Gasteiger partial charge in [-0.05, 0) is 19.4 Å². The SMILES string of the molecule is CC(C)=C=CS(=O)N1CCOCC1. The van der Waals surface area contributed by atoms with E-state index < -0.39 is 11.0 Å². The Balaban J connectivity index is 2.51. The van der Waals surface area contributed by atoms with Gasteiger partial charge in [0.15, 0.2) is 0 Å². The van der Waals surface area contributed by atoms with Gasteiger partial charge in [-0.1, -0.05) is 0 Å². The first kappa shape index (κ1) is 10.7. The minimum Gasteiger partial charge on any atom is -0.379 e. The molecule has 0 spiro atoms. The van der Waals surface area contributed by atoms with E-state index in [0.29, 0.717) is 13.2 Å². The van der Waals surface area contributed by atoms with Crippen molar-refractivity contribution in [2.24, 2.45) is 0 Å². The summed E-state index contributed by atoms with van der Waals surface area (Å²) in [5.74, 6) is 0. The van der Waals surface area contributed by atoms with Crippen molar-refractivity contribution < 1.29 is 8.95 Å². The molecule has 0 bridgehead atoms. The zero-order valence-corrected chi connectivity index (χ0v) is 8.89. The normalized spacial score (nSPS) is 20.5. The third-order valence-corrected chi connectivity index (χ3v) is 2.87. The van der Waals surface area contributed by atoms with Gasteiger partial charge in [-0.2, -0.15) is 0 Å². The minimum absolute atomic E-state index is 0.675. The fourth-order valence-corrected chi connectivity index (χ4v) is 1.96. The molecule has 3 nitrogen and oxygen atoms in total. The zero-order chi connectivity index (χ0) is 9.68. The van der Waals surface area contributed by atoms with Crippen LogP contribution in [-0.2, 0) is 15.7 Å². The van der Waals surface area contributed by atoms with Crippen LogP contribution in [0.2, 0.25) is 0 Å². The predicted octanol–water partition coefficient (Wildman–Crippen LogP) is 1.06. The highest BCUT2D eigenvalue weighted by atomic mass is 32.2. The van der Waals surface area contributed by atoms with Crippen LogP contribution >= 0.6 is 0 Å². The van der Waals surface area contributed by atoms with Gasteiger partial charge >= 0.3 is 0 Å². The Hall–Kier alpha value is -0.410. The second kappa shape index (κ2) is 5.35. The molecule has 1 fully saturated rings. The molecule has 1 atom stereocenters. The highest BCUT2D eigenvalue weighted by molar-refractivity contribution is 7.85. The highest BCUT2D eigenvalue weighted by Gasteiger charge is 2.13. The molecule has 1 rings (SSSR count). The van der Waals surface area contributed by atoms with Gasteiger partial charge in [-0.25, -0.2) is 8.51 Å². The van der Waals surface area contributed by atoms with Gasteiger partial charge in [0.1, 0.15) is 11.0 Å². The maximum absolute atomic E-state index is 11.6. The lowest BCUT2D eigenvalue weighted by atomic mass is 10.4. The standard InChI is InChI=1S/C9H15NO2S/c1-9(2)3-8-13(11)10-4-6-12-7-5-10/h8H,4-7H2,1-2H3. The monoisotopic (exact) mass is 201 g/mol. The maximum atomic E-state index is 11.6. The Bertz CT molecular complexity index is 246. The number of hydrogen-bond donors (Lipinski definition) is 0. The van der Waals surface area contributed by atoms with Crippen LogP contribution in [0, 0.1) is 0 Å². The van der Waals surface area contributed by atoms with Crippen LogP contribution < -0.4 is 0 Å². The molecule has 0 aromatic rings. The fourth-order valence-electron chi connectivity index (χ4n) is 0.969. The second-order valence-corrected chi connectivity index (χ2v) is 4.38. The summed E-state index contributed by atoms with van der Waals surface area (Å²) >= 11 is 0. The summed E-state index contributed by atoms with van der Waals surface area (Å²) < 4.78 is 18.6. The largest absolute Gasteiger partial charge is 0.379 e. The molecule has 1 heterocycles. The number of nitrogens with zero attached hydrogens (tertiary/aromatic N) is 1. The fraction of sp³-hybridized carbons (Fsp3) is 0.667. The quantitative estimate of drug-likeness (QED) is 0.625. The number of hydrogen-bond acceptors (Lipinski definition) is 2. The molecule has 4 heteroatoms. The molecule has 0 amide bonds. The number of rotatable bonds is 2. The summed E-state index contributed by atoms with van der Waals surface area (Å²) in [6.45, 7) is 6.71. The van der Waals surface area contributed by atoms with E-state index in [2.05, 4.69) is 5.73 Å². The third kappa shape index (κ3) is 3.87. The molecule has 0 radical (unpaired) electrons. The molecule has 1 aliphatic heterocycles. The Morgan fingerprint density at radius 3 is 2.62 bits per heavy atom.